The van der Waals surface area contributed by atoms with Gasteiger partial charge in [0.1, 0.15) is 5.75 Å². The lowest BCUT2D eigenvalue weighted by atomic mass is 10.0. The highest BCUT2D eigenvalue weighted by atomic mass is 28.3. The van der Waals surface area contributed by atoms with Gasteiger partial charge in [0.25, 0.3) is 9.04 Å². The van der Waals surface area contributed by atoms with E-state index in [0.29, 0.717) is 0 Å². The summed E-state index contributed by atoms with van der Waals surface area (Å²) < 4.78 is 5.93. The normalized spacial score (nSPS) is 10.4. The van der Waals surface area contributed by atoms with E-state index in [4.69, 9.17) is 4.43 Å². The van der Waals surface area contributed by atoms with Crippen molar-refractivity contribution < 1.29 is 4.43 Å². The van der Waals surface area contributed by atoms with E-state index >= 15 is 0 Å². The largest absolute Gasteiger partial charge is 0.542 e. The summed E-state index contributed by atoms with van der Waals surface area (Å²) in [6, 6.07) is 16.6. The van der Waals surface area contributed by atoms with Crippen molar-refractivity contribution in [3.63, 3.8) is 0 Å². The van der Waals surface area contributed by atoms with E-state index in [-0.39, 0.29) is 0 Å². The minimum atomic E-state index is -0.765. The van der Waals surface area contributed by atoms with E-state index in [9.17, 15) is 0 Å². The van der Waals surface area contributed by atoms with Gasteiger partial charge in [-0.25, -0.2) is 0 Å². The third-order valence-corrected chi connectivity index (χ3v) is 3.28. The standard InChI is InChI=1S/C16H17OSi/c1-4-13-10-11-15(12-16(13)17-18(2)3)14-8-6-5-7-9-14/h4-12H,1H2,2-3H3. The molecule has 2 rings (SSSR count). The van der Waals surface area contributed by atoms with Crippen LogP contribution in [0.3, 0.4) is 0 Å². The predicted molar refractivity (Wildman–Crippen MR) is 80.1 cm³/mol. The van der Waals surface area contributed by atoms with Crippen molar-refractivity contribution in [1.82, 2.24) is 0 Å². The lowest BCUT2D eigenvalue weighted by Crippen LogP contribution is -2.12. The first-order chi connectivity index (χ1) is 8.70. The van der Waals surface area contributed by atoms with Gasteiger partial charge in [-0.1, -0.05) is 55.1 Å². The fourth-order valence-electron chi connectivity index (χ4n) is 1.82. The molecule has 0 N–H and O–H groups in total. The maximum absolute atomic E-state index is 5.93. The van der Waals surface area contributed by atoms with Gasteiger partial charge in [-0.05, 0) is 30.3 Å². The summed E-state index contributed by atoms with van der Waals surface area (Å²) in [6.45, 7) is 8.10. The Balaban J connectivity index is 2.42. The average Bonchev–Trinajstić information content (AvgIpc) is 2.39. The zero-order valence-corrected chi connectivity index (χ0v) is 11.8. The van der Waals surface area contributed by atoms with Gasteiger partial charge in [0.2, 0.25) is 0 Å². The summed E-state index contributed by atoms with van der Waals surface area (Å²) in [5.74, 6) is 0.935. The van der Waals surface area contributed by atoms with E-state index in [0.717, 1.165) is 11.3 Å². The molecule has 0 aliphatic carbocycles. The fourth-order valence-corrected chi connectivity index (χ4v) is 2.44. The summed E-state index contributed by atoms with van der Waals surface area (Å²) in [6.07, 6.45) is 1.84. The molecule has 0 aliphatic heterocycles. The van der Waals surface area contributed by atoms with Crippen molar-refractivity contribution in [3.8, 4) is 16.9 Å². The number of benzene rings is 2. The van der Waals surface area contributed by atoms with Gasteiger partial charge >= 0.3 is 0 Å². The van der Waals surface area contributed by atoms with Crippen molar-refractivity contribution in [2.75, 3.05) is 0 Å². The van der Waals surface area contributed by atoms with Gasteiger partial charge in [-0.2, -0.15) is 0 Å². The van der Waals surface area contributed by atoms with E-state index in [2.05, 4.69) is 50.0 Å². The van der Waals surface area contributed by atoms with E-state index in [1.54, 1.807) is 0 Å². The minimum Gasteiger partial charge on any atom is -0.542 e. The average molecular weight is 253 g/mol. The smallest absolute Gasteiger partial charge is 0.274 e. The van der Waals surface area contributed by atoms with Crippen LogP contribution < -0.4 is 4.43 Å². The molecule has 0 bridgehead atoms. The fraction of sp³-hybridized carbons (Fsp3) is 0.125. The van der Waals surface area contributed by atoms with Crippen LogP contribution in [0.25, 0.3) is 17.2 Å². The second kappa shape index (κ2) is 5.69. The van der Waals surface area contributed by atoms with Gasteiger partial charge < -0.3 is 4.43 Å². The second-order valence-electron chi connectivity index (χ2n) is 4.33. The number of hydrogen-bond donors (Lipinski definition) is 0. The van der Waals surface area contributed by atoms with Gasteiger partial charge in [0.15, 0.2) is 0 Å². The molecule has 0 saturated carbocycles. The van der Waals surface area contributed by atoms with Crippen LogP contribution in [0.5, 0.6) is 5.75 Å². The summed E-state index contributed by atoms with van der Waals surface area (Å²) in [5.41, 5.74) is 3.44. The maximum atomic E-state index is 5.93. The monoisotopic (exact) mass is 253 g/mol. The first-order valence-corrected chi connectivity index (χ1v) is 8.41. The molecule has 0 saturated heterocycles. The summed E-state index contributed by atoms with van der Waals surface area (Å²) in [4.78, 5) is 0. The Kier molecular flexibility index (Phi) is 4.00. The Labute approximate surface area is 110 Å². The van der Waals surface area contributed by atoms with Crippen LogP contribution in [0.1, 0.15) is 5.56 Å². The van der Waals surface area contributed by atoms with Crippen molar-refractivity contribution in [2.45, 2.75) is 13.1 Å². The molecule has 91 valence electrons. The van der Waals surface area contributed by atoms with Crippen LogP contribution in [0, 0.1) is 0 Å². The van der Waals surface area contributed by atoms with Gasteiger partial charge in [-0.15, -0.1) is 0 Å². The Morgan fingerprint density at radius 2 is 1.72 bits per heavy atom. The highest BCUT2D eigenvalue weighted by molar-refractivity contribution is 6.49. The molecule has 1 nitrogen and oxygen atoms in total. The molecule has 0 atom stereocenters. The Morgan fingerprint density at radius 1 is 1.00 bits per heavy atom. The first kappa shape index (κ1) is 12.6. The molecular formula is C16H17OSi. The topological polar surface area (TPSA) is 9.23 Å². The second-order valence-corrected chi connectivity index (χ2v) is 6.35. The molecule has 2 heteroatoms. The Bertz CT molecular complexity index is 532. The van der Waals surface area contributed by atoms with Gasteiger partial charge in [0.05, 0.1) is 0 Å². The van der Waals surface area contributed by atoms with Crippen molar-refractivity contribution >= 4 is 15.1 Å². The molecule has 0 aromatic heterocycles. The molecule has 0 fully saturated rings. The SMILES string of the molecule is C=Cc1ccc(-c2ccccc2)cc1O[Si](C)C. The number of hydrogen-bond acceptors (Lipinski definition) is 1. The highest BCUT2D eigenvalue weighted by Crippen LogP contribution is 2.28. The molecule has 18 heavy (non-hydrogen) atoms. The van der Waals surface area contributed by atoms with Crippen LogP contribution in [0.2, 0.25) is 13.1 Å². The summed E-state index contributed by atoms with van der Waals surface area (Å²) >= 11 is 0. The van der Waals surface area contributed by atoms with E-state index in [1.807, 2.05) is 24.3 Å². The summed E-state index contributed by atoms with van der Waals surface area (Å²) in [5, 5.41) is 0. The molecule has 0 unspecified atom stereocenters. The Hall–Kier alpha value is -1.80. The van der Waals surface area contributed by atoms with E-state index in [1.165, 1.54) is 11.1 Å². The lowest BCUT2D eigenvalue weighted by molar-refractivity contribution is 0.579. The molecule has 2 aromatic carbocycles. The van der Waals surface area contributed by atoms with Crippen LogP contribution >= 0.6 is 0 Å². The Morgan fingerprint density at radius 3 is 2.33 bits per heavy atom. The van der Waals surface area contributed by atoms with Crippen molar-refractivity contribution in [2.24, 2.45) is 0 Å². The zero-order valence-electron chi connectivity index (χ0n) is 10.8. The summed E-state index contributed by atoms with van der Waals surface area (Å²) in [7, 11) is -0.765. The number of rotatable bonds is 4. The molecule has 0 spiro atoms. The van der Waals surface area contributed by atoms with Crippen molar-refractivity contribution in [3.05, 3.63) is 60.7 Å². The molecule has 1 radical (unpaired) electrons. The first-order valence-electron chi connectivity index (χ1n) is 6.00. The zero-order chi connectivity index (χ0) is 13.0. The van der Waals surface area contributed by atoms with Crippen LogP contribution in [-0.2, 0) is 0 Å². The quantitative estimate of drug-likeness (QED) is 0.722. The molecule has 0 aliphatic rings. The molecular weight excluding hydrogens is 236 g/mol. The van der Waals surface area contributed by atoms with Crippen molar-refractivity contribution in [1.29, 1.82) is 0 Å². The van der Waals surface area contributed by atoms with Crippen LogP contribution in [-0.4, -0.2) is 9.04 Å². The highest BCUT2D eigenvalue weighted by Gasteiger charge is 2.07. The lowest BCUT2D eigenvalue weighted by Gasteiger charge is -2.13. The molecule has 0 amide bonds. The maximum Gasteiger partial charge on any atom is 0.274 e. The van der Waals surface area contributed by atoms with Gasteiger partial charge in [-0.3, -0.25) is 0 Å². The van der Waals surface area contributed by atoms with Crippen LogP contribution in [0.4, 0.5) is 0 Å². The minimum absolute atomic E-state index is 0.765. The molecule has 0 heterocycles. The van der Waals surface area contributed by atoms with Gasteiger partial charge in [0, 0.05) is 5.56 Å². The predicted octanol–water partition coefficient (Wildman–Crippen LogP) is 4.63. The third kappa shape index (κ3) is 2.90. The van der Waals surface area contributed by atoms with Crippen LogP contribution in [0.15, 0.2) is 55.1 Å². The van der Waals surface area contributed by atoms with E-state index < -0.39 is 9.04 Å². The third-order valence-electron chi connectivity index (χ3n) is 2.65. The molecule has 2 aromatic rings.